The van der Waals surface area contributed by atoms with E-state index in [1.807, 2.05) is 19.9 Å². The summed E-state index contributed by atoms with van der Waals surface area (Å²) in [6, 6.07) is 4.08. The summed E-state index contributed by atoms with van der Waals surface area (Å²) in [5, 5.41) is 3.44. The van der Waals surface area contributed by atoms with E-state index >= 15 is 0 Å². The normalized spacial score (nSPS) is 29.8. The van der Waals surface area contributed by atoms with Crippen molar-refractivity contribution in [3.8, 4) is 0 Å². The molecule has 3 atom stereocenters. The van der Waals surface area contributed by atoms with Gasteiger partial charge in [-0.25, -0.2) is 4.39 Å². The Bertz CT molecular complexity index is 488. The Morgan fingerprint density at radius 2 is 2.11 bits per heavy atom. The van der Waals surface area contributed by atoms with Crippen molar-refractivity contribution in [1.82, 2.24) is 5.32 Å². The van der Waals surface area contributed by atoms with Crippen LogP contribution in [0.3, 0.4) is 0 Å². The minimum absolute atomic E-state index is 0.00954. The lowest BCUT2D eigenvalue weighted by atomic mass is 9.82. The molecule has 0 spiro atoms. The molecule has 18 heavy (non-hydrogen) atoms. The molecule has 2 nitrogen and oxygen atoms in total. The van der Waals surface area contributed by atoms with Crippen LogP contribution < -0.4 is 5.32 Å². The predicted octanol–water partition coefficient (Wildman–Crippen LogP) is 2.77. The second-order valence-electron chi connectivity index (χ2n) is 5.69. The van der Waals surface area contributed by atoms with Crippen LogP contribution in [0, 0.1) is 25.6 Å². The summed E-state index contributed by atoms with van der Waals surface area (Å²) in [6.45, 7) is 3.67. The molecular formula is C15H18FNO. The molecule has 3 heteroatoms. The van der Waals surface area contributed by atoms with E-state index in [0.29, 0.717) is 11.6 Å². The number of fused-ring (bicyclic) bond motifs is 2. The first-order chi connectivity index (χ1) is 8.56. The van der Waals surface area contributed by atoms with E-state index in [9.17, 15) is 9.18 Å². The van der Waals surface area contributed by atoms with Gasteiger partial charge in [0.2, 0.25) is 0 Å². The number of hydrogen-bond donors (Lipinski definition) is 1. The van der Waals surface area contributed by atoms with Crippen LogP contribution in [0.4, 0.5) is 4.39 Å². The third-order valence-corrected chi connectivity index (χ3v) is 4.31. The number of carbonyl (C=O) groups is 1. The summed E-state index contributed by atoms with van der Waals surface area (Å²) < 4.78 is 14.0. The van der Waals surface area contributed by atoms with Gasteiger partial charge in [0.1, 0.15) is 5.82 Å². The molecule has 3 rings (SSSR count). The lowest BCUT2D eigenvalue weighted by Crippen LogP contribution is -2.29. The zero-order valence-electron chi connectivity index (χ0n) is 10.8. The summed E-state index contributed by atoms with van der Waals surface area (Å²) in [5.41, 5.74) is 1.94. The number of halogens is 1. The maximum atomic E-state index is 14.0. The van der Waals surface area contributed by atoms with Gasteiger partial charge in [0.05, 0.1) is 5.56 Å². The fraction of sp³-hybridized carbons (Fsp3) is 0.533. The van der Waals surface area contributed by atoms with Crippen LogP contribution in [0.2, 0.25) is 0 Å². The Kier molecular flexibility index (Phi) is 2.74. The van der Waals surface area contributed by atoms with Gasteiger partial charge in [-0.2, -0.15) is 0 Å². The topological polar surface area (TPSA) is 29.1 Å². The van der Waals surface area contributed by atoms with Crippen molar-refractivity contribution >= 4 is 5.78 Å². The predicted molar refractivity (Wildman–Crippen MR) is 68.3 cm³/mol. The highest BCUT2D eigenvalue weighted by atomic mass is 19.1. The molecule has 2 saturated heterocycles. The molecule has 96 valence electrons. The van der Waals surface area contributed by atoms with E-state index in [0.717, 1.165) is 30.4 Å². The number of rotatable bonds is 2. The van der Waals surface area contributed by atoms with Crippen molar-refractivity contribution in [2.24, 2.45) is 5.92 Å². The molecule has 1 aromatic rings. The molecule has 0 aliphatic carbocycles. The van der Waals surface area contributed by atoms with Crippen LogP contribution in [0.25, 0.3) is 0 Å². The molecular weight excluding hydrogens is 229 g/mol. The molecule has 2 aliphatic rings. The number of benzene rings is 1. The van der Waals surface area contributed by atoms with Crippen LogP contribution in [0.5, 0.6) is 0 Å². The SMILES string of the molecule is Cc1cc(C)c(C(=O)C2CC3CCC2N3)c(F)c1. The average Bonchev–Trinajstić information content (AvgIpc) is 2.88. The third kappa shape index (κ3) is 1.77. The summed E-state index contributed by atoms with van der Waals surface area (Å²) in [6.07, 6.45) is 3.08. The van der Waals surface area contributed by atoms with E-state index in [-0.39, 0.29) is 23.6 Å². The van der Waals surface area contributed by atoms with Gasteiger partial charge in [0.25, 0.3) is 0 Å². The Balaban J connectivity index is 1.93. The molecule has 2 bridgehead atoms. The van der Waals surface area contributed by atoms with Crippen LogP contribution in [-0.4, -0.2) is 17.9 Å². The summed E-state index contributed by atoms with van der Waals surface area (Å²) in [5.74, 6) is -0.398. The fourth-order valence-electron chi connectivity index (χ4n) is 3.53. The largest absolute Gasteiger partial charge is 0.310 e. The number of Topliss-reactive ketones (excluding diaryl/α,β-unsaturated/α-hetero) is 1. The number of aryl methyl sites for hydroxylation is 2. The van der Waals surface area contributed by atoms with Crippen LogP contribution in [-0.2, 0) is 0 Å². The van der Waals surface area contributed by atoms with E-state index in [4.69, 9.17) is 0 Å². The van der Waals surface area contributed by atoms with Crippen molar-refractivity contribution in [3.05, 3.63) is 34.6 Å². The van der Waals surface area contributed by atoms with E-state index in [2.05, 4.69) is 5.32 Å². The van der Waals surface area contributed by atoms with E-state index in [1.165, 1.54) is 6.07 Å². The van der Waals surface area contributed by atoms with Gasteiger partial charge in [-0.1, -0.05) is 6.07 Å². The second kappa shape index (κ2) is 4.16. The van der Waals surface area contributed by atoms with E-state index < -0.39 is 0 Å². The van der Waals surface area contributed by atoms with Crippen LogP contribution >= 0.6 is 0 Å². The van der Waals surface area contributed by atoms with Crippen molar-refractivity contribution in [1.29, 1.82) is 0 Å². The maximum absolute atomic E-state index is 14.0. The zero-order valence-corrected chi connectivity index (χ0v) is 10.8. The first-order valence-electron chi connectivity index (χ1n) is 6.63. The van der Waals surface area contributed by atoms with Gasteiger partial charge in [0.15, 0.2) is 5.78 Å². The summed E-state index contributed by atoms with van der Waals surface area (Å²) in [4.78, 5) is 12.5. The Morgan fingerprint density at radius 1 is 1.33 bits per heavy atom. The minimum Gasteiger partial charge on any atom is -0.310 e. The maximum Gasteiger partial charge on any atom is 0.170 e. The standard InChI is InChI=1S/C15H18FNO/c1-8-5-9(2)14(12(16)6-8)15(18)11-7-10-3-4-13(11)17-10/h5-6,10-11,13,17H,3-4,7H2,1-2H3. The summed E-state index contributed by atoms with van der Waals surface area (Å²) in [7, 11) is 0. The number of hydrogen-bond acceptors (Lipinski definition) is 2. The monoisotopic (exact) mass is 247 g/mol. The van der Waals surface area contributed by atoms with Gasteiger partial charge < -0.3 is 5.32 Å². The van der Waals surface area contributed by atoms with Crippen LogP contribution in [0.15, 0.2) is 12.1 Å². The lowest BCUT2D eigenvalue weighted by molar-refractivity contribution is 0.0896. The highest BCUT2D eigenvalue weighted by Gasteiger charge is 2.43. The molecule has 2 aliphatic heterocycles. The van der Waals surface area contributed by atoms with Crippen molar-refractivity contribution in [3.63, 3.8) is 0 Å². The van der Waals surface area contributed by atoms with Crippen molar-refractivity contribution in [2.45, 2.75) is 45.2 Å². The molecule has 2 fully saturated rings. The first-order valence-corrected chi connectivity index (χ1v) is 6.63. The van der Waals surface area contributed by atoms with Crippen LogP contribution in [0.1, 0.15) is 40.7 Å². The lowest BCUT2D eigenvalue weighted by Gasteiger charge is -2.20. The first kappa shape index (κ1) is 11.8. The second-order valence-corrected chi connectivity index (χ2v) is 5.69. The van der Waals surface area contributed by atoms with Gasteiger partial charge in [-0.05, 0) is 50.3 Å². The number of nitrogens with one attached hydrogen (secondary N) is 1. The quantitative estimate of drug-likeness (QED) is 0.814. The van der Waals surface area contributed by atoms with Gasteiger partial charge >= 0.3 is 0 Å². The zero-order chi connectivity index (χ0) is 12.9. The molecule has 0 aromatic heterocycles. The Labute approximate surface area is 107 Å². The molecule has 2 heterocycles. The minimum atomic E-state index is -0.361. The molecule has 0 saturated carbocycles. The Morgan fingerprint density at radius 3 is 2.67 bits per heavy atom. The molecule has 3 unspecified atom stereocenters. The smallest absolute Gasteiger partial charge is 0.170 e. The number of carbonyl (C=O) groups excluding carboxylic acids is 1. The highest BCUT2D eigenvalue weighted by Crippen LogP contribution is 2.36. The van der Waals surface area contributed by atoms with Crippen molar-refractivity contribution < 1.29 is 9.18 Å². The third-order valence-electron chi connectivity index (χ3n) is 4.31. The van der Waals surface area contributed by atoms with Gasteiger partial charge in [-0.15, -0.1) is 0 Å². The van der Waals surface area contributed by atoms with Gasteiger partial charge in [0, 0.05) is 18.0 Å². The Hall–Kier alpha value is -1.22. The molecule has 0 amide bonds. The fourth-order valence-corrected chi connectivity index (χ4v) is 3.53. The molecule has 1 aromatic carbocycles. The van der Waals surface area contributed by atoms with Gasteiger partial charge in [-0.3, -0.25) is 4.79 Å². The molecule has 1 N–H and O–H groups in total. The van der Waals surface area contributed by atoms with Crippen molar-refractivity contribution in [2.75, 3.05) is 0 Å². The van der Waals surface area contributed by atoms with E-state index in [1.54, 1.807) is 0 Å². The highest BCUT2D eigenvalue weighted by molar-refractivity contribution is 6.00. The molecule has 0 radical (unpaired) electrons. The number of ketones is 1. The summed E-state index contributed by atoms with van der Waals surface area (Å²) >= 11 is 0. The average molecular weight is 247 g/mol.